The van der Waals surface area contributed by atoms with Crippen LogP contribution >= 0.6 is 11.8 Å². The molecular formula is C31H32FN3O4S. The molecule has 2 atom stereocenters. The van der Waals surface area contributed by atoms with E-state index < -0.39 is 18.1 Å². The maximum Gasteiger partial charge on any atom is 0.328 e. The Morgan fingerprint density at radius 1 is 1.05 bits per heavy atom. The number of hydrogen-bond donors (Lipinski definition) is 1. The van der Waals surface area contributed by atoms with E-state index in [2.05, 4.69) is 10.3 Å². The van der Waals surface area contributed by atoms with Gasteiger partial charge in [-0.3, -0.25) is 4.79 Å². The molecule has 4 aromatic rings. The van der Waals surface area contributed by atoms with E-state index in [1.54, 1.807) is 42.5 Å². The molecule has 0 spiro atoms. The standard InChI is InChI=1S/C31H32FN3O4S/c1-38-31(37)28(14-19-40-2)34-30(36)26-13-10-24(20-27(26)22-6-4-3-5-7-22)29(23-8-11-25(32)12-9-23)39-18-17-35-16-15-33-21-35/h3-13,15-16,20-21,28-29H,14,17-19H2,1-2H3,(H,34,36)/t28-,29?/m0/s1. The third-order valence-electron chi connectivity index (χ3n) is 6.44. The Labute approximate surface area is 237 Å². The van der Waals surface area contributed by atoms with Crippen molar-refractivity contribution in [2.45, 2.75) is 25.1 Å². The zero-order valence-electron chi connectivity index (χ0n) is 22.5. The Morgan fingerprint density at radius 2 is 1.80 bits per heavy atom. The first-order valence-electron chi connectivity index (χ1n) is 12.9. The van der Waals surface area contributed by atoms with E-state index in [9.17, 15) is 14.0 Å². The fraction of sp³-hybridized carbons (Fsp3) is 0.258. The number of carbonyl (C=O) groups is 2. The molecule has 1 amide bonds. The maximum absolute atomic E-state index is 13.8. The lowest BCUT2D eigenvalue weighted by molar-refractivity contribution is -0.142. The van der Waals surface area contributed by atoms with E-state index in [1.807, 2.05) is 59.5 Å². The number of hydrogen-bond acceptors (Lipinski definition) is 6. The third kappa shape index (κ3) is 7.58. The van der Waals surface area contributed by atoms with Gasteiger partial charge in [-0.2, -0.15) is 11.8 Å². The summed E-state index contributed by atoms with van der Waals surface area (Å²) in [6.45, 7) is 0.978. The van der Waals surface area contributed by atoms with Crippen LogP contribution in [0.1, 0.15) is 34.0 Å². The molecule has 1 aromatic heterocycles. The number of benzene rings is 3. The first-order valence-corrected chi connectivity index (χ1v) is 14.3. The highest BCUT2D eigenvalue weighted by atomic mass is 32.2. The van der Waals surface area contributed by atoms with Crippen molar-refractivity contribution in [2.75, 3.05) is 25.7 Å². The number of carbonyl (C=O) groups excluding carboxylic acids is 2. The number of aromatic nitrogens is 2. The van der Waals surface area contributed by atoms with Crippen molar-refractivity contribution >= 4 is 23.6 Å². The van der Waals surface area contributed by atoms with Gasteiger partial charge in [0.2, 0.25) is 0 Å². The molecule has 0 aliphatic rings. The van der Waals surface area contributed by atoms with Gasteiger partial charge >= 0.3 is 5.97 Å². The molecule has 4 rings (SSSR count). The third-order valence-corrected chi connectivity index (χ3v) is 7.09. The molecule has 1 heterocycles. The molecule has 7 nitrogen and oxygen atoms in total. The molecule has 208 valence electrons. The minimum atomic E-state index is -0.758. The lowest BCUT2D eigenvalue weighted by atomic mass is 9.92. The number of ether oxygens (including phenoxy) is 2. The number of thioether (sulfide) groups is 1. The molecule has 0 saturated carbocycles. The normalized spacial score (nSPS) is 12.5. The van der Waals surface area contributed by atoms with Gasteiger partial charge in [-0.1, -0.05) is 48.5 Å². The SMILES string of the molecule is COC(=O)[C@H](CCSC)NC(=O)c1ccc(C(OCCn2ccnc2)c2ccc(F)cc2)cc1-c1ccccc1. The Balaban J connectivity index is 1.69. The Bertz CT molecular complexity index is 1380. The molecule has 0 saturated heterocycles. The zero-order valence-corrected chi connectivity index (χ0v) is 23.3. The molecule has 0 bridgehead atoms. The van der Waals surface area contributed by atoms with Crippen LogP contribution in [0, 0.1) is 5.82 Å². The van der Waals surface area contributed by atoms with Crippen LogP contribution < -0.4 is 5.32 Å². The van der Waals surface area contributed by atoms with Crippen molar-refractivity contribution in [3.8, 4) is 11.1 Å². The van der Waals surface area contributed by atoms with E-state index in [0.717, 1.165) is 16.7 Å². The van der Waals surface area contributed by atoms with Gasteiger partial charge < -0.3 is 19.4 Å². The van der Waals surface area contributed by atoms with Crippen molar-refractivity contribution in [1.29, 1.82) is 0 Å². The molecule has 0 radical (unpaired) electrons. The Hall–Kier alpha value is -3.95. The van der Waals surface area contributed by atoms with Crippen LogP contribution in [0.3, 0.4) is 0 Å². The fourth-order valence-electron chi connectivity index (χ4n) is 4.36. The quantitative estimate of drug-likeness (QED) is 0.217. The Morgan fingerprint density at radius 3 is 2.48 bits per heavy atom. The van der Waals surface area contributed by atoms with Crippen molar-refractivity contribution in [2.24, 2.45) is 0 Å². The number of esters is 1. The highest BCUT2D eigenvalue weighted by Gasteiger charge is 2.25. The summed E-state index contributed by atoms with van der Waals surface area (Å²) >= 11 is 1.59. The topological polar surface area (TPSA) is 82.5 Å². The number of halogens is 1. The van der Waals surface area contributed by atoms with Crippen LogP contribution in [-0.2, 0) is 20.8 Å². The first kappa shape index (κ1) is 29.0. The minimum absolute atomic E-state index is 0.334. The molecule has 3 aromatic carbocycles. The largest absolute Gasteiger partial charge is 0.467 e. The summed E-state index contributed by atoms with van der Waals surface area (Å²) in [5.41, 5.74) is 3.54. The maximum atomic E-state index is 13.8. The van der Waals surface area contributed by atoms with Gasteiger partial charge in [0.1, 0.15) is 18.0 Å². The number of imidazole rings is 1. The van der Waals surface area contributed by atoms with Gasteiger partial charge in [0.15, 0.2) is 0 Å². The molecule has 1 N–H and O–H groups in total. The molecule has 0 fully saturated rings. The van der Waals surface area contributed by atoms with E-state index >= 15 is 0 Å². The molecule has 0 aliphatic heterocycles. The second-order valence-electron chi connectivity index (χ2n) is 9.10. The van der Waals surface area contributed by atoms with Gasteiger partial charge in [0.25, 0.3) is 5.91 Å². The van der Waals surface area contributed by atoms with Crippen LogP contribution in [0.4, 0.5) is 4.39 Å². The smallest absolute Gasteiger partial charge is 0.328 e. The van der Waals surface area contributed by atoms with Crippen LogP contribution in [-0.4, -0.2) is 53.2 Å². The van der Waals surface area contributed by atoms with E-state index in [4.69, 9.17) is 9.47 Å². The number of rotatable bonds is 13. The summed E-state index contributed by atoms with van der Waals surface area (Å²) in [4.78, 5) is 29.9. The predicted octanol–water partition coefficient (Wildman–Crippen LogP) is 5.52. The van der Waals surface area contributed by atoms with Crippen LogP contribution in [0.25, 0.3) is 11.1 Å². The molecule has 0 aliphatic carbocycles. The summed E-state index contributed by atoms with van der Waals surface area (Å²) < 4.78 is 26.9. The average molecular weight is 562 g/mol. The van der Waals surface area contributed by atoms with Crippen LogP contribution in [0.5, 0.6) is 0 Å². The van der Waals surface area contributed by atoms with E-state index in [1.165, 1.54) is 19.2 Å². The van der Waals surface area contributed by atoms with Gasteiger partial charge in [-0.15, -0.1) is 0 Å². The van der Waals surface area contributed by atoms with Crippen molar-refractivity contribution < 1.29 is 23.5 Å². The second-order valence-corrected chi connectivity index (χ2v) is 10.1. The van der Waals surface area contributed by atoms with E-state index in [-0.39, 0.29) is 11.7 Å². The van der Waals surface area contributed by atoms with Crippen LogP contribution in [0.15, 0.2) is 91.5 Å². The highest BCUT2D eigenvalue weighted by molar-refractivity contribution is 7.98. The number of nitrogens with one attached hydrogen (secondary N) is 1. The van der Waals surface area contributed by atoms with Crippen molar-refractivity contribution in [1.82, 2.24) is 14.9 Å². The lowest BCUT2D eigenvalue weighted by Crippen LogP contribution is -2.42. The summed E-state index contributed by atoms with van der Waals surface area (Å²) in [6, 6.07) is 20.5. The minimum Gasteiger partial charge on any atom is -0.467 e. The van der Waals surface area contributed by atoms with Gasteiger partial charge in [0, 0.05) is 24.5 Å². The zero-order chi connectivity index (χ0) is 28.3. The predicted molar refractivity (Wildman–Crippen MR) is 155 cm³/mol. The number of amides is 1. The summed E-state index contributed by atoms with van der Waals surface area (Å²) in [5, 5.41) is 2.86. The first-order chi connectivity index (χ1) is 19.5. The van der Waals surface area contributed by atoms with Gasteiger partial charge in [-0.05, 0) is 64.9 Å². The molecule has 9 heteroatoms. The van der Waals surface area contributed by atoms with E-state index in [0.29, 0.717) is 36.5 Å². The number of nitrogens with zero attached hydrogens (tertiary/aromatic N) is 2. The second kappa shape index (κ2) is 14.4. The number of methoxy groups -OCH3 is 1. The van der Waals surface area contributed by atoms with Gasteiger partial charge in [0.05, 0.1) is 20.0 Å². The fourth-order valence-corrected chi connectivity index (χ4v) is 4.83. The Kier molecular flexibility index (Phi) is 10.5. The summed E-state index contributed by atoms with van der Waals surface area (Å²) in [6.07, 6.45) is 7.18. The molecule has 40 heavy (non-hydrogen) atoms. The van der Waals surface area contributed by atoms with Gasteiger partial charge in [-0.25, -0.2) is 14.2 Å². The van der Waals surface area contributed by atoms with Crippen LogP contribution in [0.2, 0.25) is 0 Å². The molecular weight excluding hydrogens is 529 g/mol. The highest BCUT2D eigenvalue weighted by Crippen LogP contribution is 2.32. The summed E-state index contributed by atoms with van der Waals surface area (Å²) in [5.74, 6) is -0.496. The van der Waals surface area contributed by atoms with Crippen molar-refractivity contribution in [3.05, 3.63) is 114 Å². The molecule has 1 unspecified atom stereocenters. The summed E-state index contributed by atoms with van der Waals surface area (Å²) in [7, 11) is 1.31. The lowest BCUT2D eigenvalue weighted by Gasteiger charge is -2.22. The van der Waals surface area contributed by atoms with Crippen molar-refractivity contribution in [3.63, 3.8) is 0 Å². The average Bonchev–Trinajstić information content (AvgIpc) is 3.51. The monoisotopic (exact) mass is 561 g/mol.